The molecule has 0 unspecified atom stereocenters. The van der Waals surface area contributed by atoms with Gasteiger partial charge in [-0.15, -0.1) is 0 Å². The first-order valence-corrected chi connectivity index (χ1v) is 5.51. The summed E-state index contributed by atoms with van der Waals surface area (Å²) in [6, 6.07) is 7.58. The van der Waals surface area contributed by atoms with Crippen molar-refractivity contribution < 1.29 is 4.74 Å². The minimum atomic E-state index is 0.841. The number of ether oxygens (including phenoxy) is 1. The molecule has 0 aliphatic heterocycles. The Bertz CT molecular complexity index is 381. The van der Waals surface area contributed by atoms with E-state index in [0.717, 1.165) is 24.3 Å². The van der Waals surface area contributed by atoms with E-state index in [0.29, 0.717) is 0 Å². The summed E-state index contributed by atoms with van der Waals surface area (Å²) < 4.78 is 5.06. The molecule has 16 heavy (non-hydrogen) atoms. The molecule has 1 aromatic rings. The first kappa shape index (κ1) is 12.3. The molecule has 1 aromatic carbocycles. The number of hydrogen-bond donors (Lipinski definition) is 0. The lowest BCUT2D eigenvalue weighted by Crippen LogP contribution is -1.79. The lowest BCUT2D eigenvalue weighted by Gasteiger charge is -1.97. The number of methoxy groups -OCH3 is 1. The van der Waals surface area contributed by atoms with Gasteiger partial charge in [-0.25, -0.2) is 4.99 Å². The largest absolute Gasteiger partial charge is 0.497 e. The quantitative estimate of drug-likeness (QED) is 0.427. The van der Waals surface area contributed by atoms with Crippen molar-refractivity contribution >= 4 is 11.9 Å². The summed E-state index contributed by atoms with van der Waals surface area (Å²) >= 11 is 0. The molecule has 0 N–H and O–H groups in total. The Kier molecular flexibility index (Phi) is 5.80. The second kappa shape index (κ2) is 7.53. The van der Waals surface area contributed by atoms with Gasteiger partial charge in [-0.2, -0.15) is 0 Å². The molecule has 0 aromatic heterocycles. The van der Waals surface area contributed by atoms with E-state index < -0.39 is 0 Å². The molecule has 0 spiro atoms. The predicted molar refractivity (Wildman–Crippen MR) is 68.4 cm³/mol. The summed E-state index contributed by atoms with van der Waals surface area (Å²) in [6.07, 6.45) is 4.94. The van der Waals surface area contributed by atoms with Gasteiger partial charge in [-0.05, 0) is 30.7 Å². The van der Waals surface area contributed by atoms with Crippen LogP contribution in [0.25, 0.3) is 0 Å². The van der Waals surface area contributed by atoms with Gasteiger partial charge in [0.05, 0.1) is 19.0 Å². The molecular weight excluding hydrogens is 198 g/mol. The third-order valence-corrected chi connectivity index (χ3v) is 2.11. The van der Waals surface area contributed by atoms with E-state index in [1.54, 1.807) is 13.3 Å². The number of aliphatic imine (C=N–C) groups is 1. The summed E-state index contributed by atoms with van der Waals surface area (Å²) in [5, 5.41) is 0. The predicted octanol–water partition coefficient (Wildman–Crippen LogP) is 3.59. The average molecular weight is 215 g/mol. The average Bonchev–Trinajstić information content (AvgIpc) is 2.34. The number of nitrogens with zero attached hydrogens (tertiary/aromatic N) is 1. The molecule has 2 nitrogen and oxygen atoms in total. The van der Waals surface area contributed by atoms with Crippen LogP contribution >= 0.6 is 0 Å². The van der Waals surface area contributed by atoms with Gasteiger partial charge in [-0.3, -0.25) is 0 Å². The molecule has 2 heteroatoms. The Morgan fingerprint density at radius 1 is 1.31 bits per heavy atom. The van der Waals surface area contributed by atoms with Gasteiger partial charge in [0.1, 0.15) is 5.75 Å². The van der Waals surface area contributed by atoms with Gasteiger partial charge in [0.2, 0.25) is 0 Å². The van der Waals surface area contributed by atoms with E-state index in [1.165, 1.54) is 6.42 Å². The highest BCUT2D eigenvalue weighted by Gasteiger charge is 1.89. The molecule has 1 rings (SSSR count). The third kappa shape index (κ3) is 4.65. The van der Waals surface area contributed by atoms with Crippen LogP contribution in [-0.4, -0.2) is 13.3 Å². The fourth-order valence-electron chi connectivity index (χ4n) is 1.16. The minimum Gasteiger partial charge on any atom is -0.497 e. The molecule has 0 aliphatic carbocycles. The van der Waals surface area contributed by atoms with Crippen LogP contribution in [0.2, 0.25) is 0 Å². The molecule has 0 radical (unpaired) electrons. The van der Waals surface area contributed by atoms with Gasteiger partial charge in [0, 0.05) is 6.42 Å². The van der Waals surface area contributed by atoms with Gasteiger partial charge in [0.15, 0.2) is 0 Å². The van der Waals surface area contributed by atoms with Crippen molar-refractivity contribution in [2.75, 3.05) is 7.11 Å². The zero-order chi connectivity index (χ0) is 11.6. The van der Waals surface area contributed by atoms with Crippen LogP contribution in [-0.2, 0) is 0 Å². The van der Waals surface area contributed by atoms with Crippen molar-refractivity contribution in [2.45, 2.75) is 26.2 Å². The highest BCUT2D eigenvalue weighted by atomic mass is 16.5. The third-order valence-electron chi connectivity index (χ3n) is 2.11. The number of unbranched alkanes of at least 4 members (excludes halogenated alkanes) is 2. The number of hydrogen-bond acceptors (Lipinski definition) is 2. The molecule has 0 atom stereocenters. The Hall–Kier alpha value is -1.75. The van der Waals surface area contributed by atoms with Crippen LogP contribution in [0, 0.1) is 11.8 Å². The van der Waals surface area contributed by atoms with Crippen molar-refractivity contribution in [3.05, 3.63) is 24.3 Å². The van der Waals surface area contributed by atoms with Crippen LogP contribution in [0.15, 0.2) is 29.3 Å². The van der Waals surface area contributed by atoms with E-state index in [2.05, 4.69) is 23.8 Å². The van der Waals surface area contributed by atoms with Crippen molar-refractivity contribution in [3.8, 4) is 17.6 Å². The van der Waals surface area contributed by atoms with Gasteiger partial charge in [-0.1, -0.05) is 25.2 Å². The number of benzene rings is 1. The lowest BCUT2D eigenvalue weighted by atomic mass is 10.2. The highest BCUT2D eigenvalue weighted by Crippen LogP contribution is 2.16. The first-order valence-electron chi connectivity index (χ1n) is 5.51. The fraction of sp³-hybridized carbons (Fsp3) is 0.357. The monoisotopic (exact) mass is 215 g/mol. The van der Waals surface area contributed by atoms with Crippen molar-refractivity contribution in [1.29, 1.82) is 0 Å². The van der Waals surface area contributed by atoms with Crippen LogP contribution in [0.5, 0.6) is 5.75 Å². The molecule has 0 saturated carbocycles. The maximum atomic E-state index is 5.06. The van der Waals surface area contributed by atoms with Crippen molar-refractivity contribution in [1.82, 2.24) is 0 Å². The van der Waals surface area contributed by atoms with Gasteiger partial charge < -0.3 is 4.74 Å². The smallest absolute Gasteiger partial charge is 0.119 e. The zero-order valence-corrected chi connectivity index (χ0v) is 9.86. The normalized spacial score (nSPS) is 9.88. The standard InChI is InChI=1S/C14H17NO/c1-3-4-5-6-7-12-15-13-8-10-14(16-2)11-9-13/h8-12H,3-5H2,1-2H3. The van der Waals surface area contributed by atoms with E-state index in [9.17, 15) is 0 Å². The van der Waals surface area contributed by atoms with Crippen LogP contribution in [0.3, 0.4) is 0 Å². The minimum absolute atomic E-state index is 0.841. The first-order chi connectivity index (χ1) is 7.86. The fourth-order valence-corrected chi connectivity index (χ4v) is 1.16. The van der Waals surface area contributed by atoms with Crippen LogP contribution < -0.4 is 4.74 Å². The maximum absolute atomic E-state index is 5.06. The topological polar surface area (TPSA) is 21.6 Å². The van der Waals surface area contributed by atoms with Crippen molar-refractivity contribution in [3.63, 3.8) is 0 Å². The summed E-state index contributed by atoms with van der Waals surface area (Å²) in [5.74, 6) is 6.82. The summed E-state index contributed by atoms with van der Waals surface area (Å²) in [5.41, 5.74) is 0.894. The molecule has 0 amide bonds. The SMILES string of the molecule is CCCCC#CC=Nc1ccc(OC)cc1. The molecule has 0 heterocycles. The van der Waals surface area contributed by atoms with Gasteiger partial charge in [0.25, 0.3) is 0 Å². The summed E-state index contributed by atoms with van der Waals surface area (Å²) in [7, 11) is 1.65. The molecule has 84 valence electrons. The van der Waals surface area contributed by atoms with E-state index in [-0.39, 0.29) is 0 Å². The van der Waals surface area contributed by atoms with Crippen LogP contribution in [0.4, 0.5) is 5.69 Å². The molecule has 0 aliphatic rings. The maximum Gasteiger partial charge on any atom is 0.119 e. The zero-order valence-electron chi connectivity index (χ0n) is 9.86. The summed E-state index contributed by atoms with van der Waals surface area (Å²) in [6.45, 7) is 2.16. The van der Waals surface area contributed by atoms with E-state index in [4.69, 9.17) is 4.74 Å². The van der Waals surface area contributed by atoms with E-state index >= 15 is 0 Å². The Morgan fingerprint density at radius 3 is 2.69 bits per heavy atom. The highest BCUT2D eigenvalue weighted by molar-refractivity contribution is 5.80. The van der Waals surface area contributed by atoms with E-state index in [1.807, 2.05) is 24.3 Å². The Balaban J connectivity index is 2.45. The van der Waals surface area contributed by atoms with Gasteiger partial charge >= 0.3 is 0 Å². The molecule has 0 saturated heterocycles. The lowest BCUT2D eigenvalue weighted by molar-refractivity contribution is 0.415. The molecule has 0 fully saturated rings. The number of rotatable bonds is 4. The Morgan fingerprint density at radius 2 is 2.06 bits per heavy atom. The summed E-state index contributed by atoms with van der Waals surface area (Å²) in [4.78, 5) is 4.23. The molecule has 0 bridgehead atoms. The van der Waals surface area contributed by atoms with Crippen molar-refractivity contribution in [2.24, 2.45) is 4.99 Å². The Labute approximate surface area is 97.4 Å². The van der Waals surface area contributed by atoms with Crippen LogP contribution in [0.1, 0.15) is 26.2 Å². The molecular formula is C14H17NO. The second-order valence-corrected chi connectivity index (χ2v) is 3.38. The second-order valence-electron chi connectivity index (χ2n) is 3.38.